The van der Waals surface area contributed by atoms with Gasteiger partial charge < -0.3 is 4.74 Å². The van der Waals surface area contributed by atoms with E-state index in [9.17, 15) is 4.39 Å². The second-order valence-electron chi connectivity index (χ2n) is 3.46. The Bertz CT molecular complexity index is 442. The molecule has 2 aromatic carbocycles. The molecule has 0 spiro atoms. The number of benzene rings is 2. The van der Waals surface area contributed by atoms with Crippen LogP contribution in [0, 0.1) is 5.82 Å². The molecule has 0 N–H and O–H groups in total. The van der Waals surface area contributed by atoms with Gasteiger partial charge in [0.25, 0.3) is 0 Å². The van der Waals surface area contributed by atoms with Crippen LogP contribution in [0.15, 0.2) is 59.5 Å². The molecule has 88 valence electrons. The van der Waals surface area contributed by atoms with E-state index < -0.39 is 0 Å². The van der Waals surface area contributed by atoms with Crippen molar-refractivity contribution < 1.29 is 9.13 Å². The van der Waals surface area contributed by atoms with Crippen LogP contribution in [0.25, 0.3) is 0 Å². The largest absolute Gasteiger partial charge is 0.493 e. The molecule has 17 heavy (non-hydrogen) atoms. The summed E-state index contributed by atoms with van der Waals surface area (Å²) in [5.41, 5.74) is 0. The first-order valence-corrected chi connectivity index (χ1v) is 6.39. The molecule has 0 unspecified atom stereocenters. The molecular weight excluding hydrogens is 235 g/mol. The third kappa shape index (κ3) is 4.11. The Morgan fingerprint density at radius 3 is 2.35 bits per heavy atom. The van der Waals surface area contributed by atoms with E-state index in [0.717, 1.165) is 16.4 Å². The second-order valence-corrected chi connectivity index (χ2v) is 4.63. The molecule has 0 aliphatic heterocycles. The predicted molar refractivity (Wildman–Crippen MR) is 69.1 cm³/mol. The van der Waals surface area contributed by atoms with Crippen molar-refractivity contribution in [2.24, 2.45) is 0 Å². The summed E-state index contributed by atoms with van der Waals surface area (Å²) in [6, 6.07) is 16.2. The van der Waals surface area contributed by atoms with Crippen LogP contribution in [0.1, 0.15) is 0 Å². The van der Waals surface area contributed by atoms with E-state index in [-0.39, 0.29) is 5.82 Å². The standard InChI is InChI=1S/C14H13FOS/c15-12-6-8-14(9-7-12)17-11-10-16-13-4-2-1-3-5-13/h1-9H,10-11H2. The lowest BCUT2D eigenvalue weighted by Crippen LogP contribution is -1.99. The fourth-order valence-corrected chi connectivity index (χ4v) is 2.10. The van der Waals surface area contributed by atoms with Crippen molar-refractivity contribution in [2.45, 2.75) is 4.90 Å². The van der Waals surface area contributed by atoms with Crippen molar-refractivity contribution in [3.63, 3.8) is 0 Å². The van der Waals surface area contributed by atoms with Crippen LogP contribution in [0.4, 0.5) is 4.39 Å². The summed E-state index contributed by atoms with van der Waals surface area (Å²) < 4.78 is 18.2. The van der Waals surface area contributed by atoms with Crippen LogP contribution < -0.4 is 4.74 Å². The van der Waals surface area contributed by atoms with Crippen LogP contribution in [-0.2, 0) is 0 Å². The summed E-state index contributed by atoms with van der Waals surface area (Å²) in [4.78, 5) is 1.06. The minimum atomic E-state index is -0.199. The van der Waals surface area contributed by atoms with Crippen molar-refractivity contribution in [3.8, 4) is 5.75 Å². The normalized spacial score (nSPS) is 10.2. The summed E-state index contributed by atoms with van der Waals surface area (Å²) in [6.45, 7) is 0.645. The van der Waals surface area contributed by atoms with Crippen LogP contribution in [0.3, 0.4) is 0 Å². The highest BCUT2D eigenvalue weighted by Gasteiger charge is 1.96. The van der Waals surface area contributed by atoms with Crippen LogP contribution in [0.5, 0.6) is 5.75 Å². The maximum absolute atomic E-state index is 12.7. The van der Waals surface area contributed by atoms with Gasteiger partial charge in [0.15, 0.2) is 0 Å². The van der Waals surface area contributed by atoms with Gasteiger partial charge in [0.1, 0.15) is 11.6 Å². The van der Waals surface area contributed by atoms with E-state index in [4.69, 9.17) is 4.74 Å². The topological polar surface area (TPSA) is 9.23 Å². The molecule has 0 atom stereocenters. The molecule has 0 fully saturated rings. The molecule has 0 saturated carbocycles. The number of para-hydroxylation sites is 1. The number of rotatable bonds is 5. The lowest BCUT2D eigenvalue weighted by molar-refractivity contribution is 0.344. The van der Waals surface area contributed by atoms with Gasteiger partial charge in [-0.05, 0) is 36.4 Å². The summed E-state index contributed by atoms with van der Waals surface area (Å²) in [6.07, 6.45) is 0. The Morgan fingerprint density at radius 2 is 1.65 bits per heavy atom. The number of hydrogen-bond donors (Lipinski definition) is 0. The molecule has 0 radical (unpaired) electrons. The fraction of sp³-hybridized carbons (Fsp3) is 0.143. The lowest BCUT2D eigenvalue weighted by atomic mass is 10.3. The molecular formula is C14H13FOS. The Morgan fingerprint density at radius 1 is 0.941 bits per heavy atom. The minimum absolute atomic E-state index is 0.199. The molecule has 0 aliphatic carbocycles. The number of thioether (sulfide) groups is 1. The summed E-state index contributed by atoms with van der Waals surface area (Å²) in [5, 5.41) is 0. The van der Waals surface area contributed by atoms with Crippen LogP contribution in [-0.4, -0.2) is 12.4 Å². The molecule has 0 aromatic heterocycles. The summed E-state index contributed by atoms with van der Waals surface area (Å²) in [7, 11) is 0. The number of ether oxygens (including phenoxy) is 1. The predicted octanol–water partition coefficient (Wildman–Crippen LogP) is 4.00. The van der Waals surface area contributed by atoms with E-state index >= 15 is 0 Å². The monoisotopic (exact) mass is 248 g/mol. The molecule has 0 amide bonds. The SMILES string of the molecule is Fc1ccc(SCCOc2ccccc2)cc1. The van der Waals surface area contributed by atoms with Crippen molar-refractivity contribution >= 4 is 11.8 Å². The van der Waals surface area contributed by atoms with Gasteiger partial charge in [-0.2, -0.15) is 0 Å². The highest BCUT2D eigenvalue weighted by Crippen LogP contribution is 2.18. The molecule has 2 aromatic rings. The second kappa shape index (κ2) is 6.30. The van der Waals surface area contributed by atoms with Crippen LogP contribution in [0.2, 0.25) is 0 Å². The quantitative estimate of drug-likeness (QED) is 0.584. The van der Waals surface area contributed by atoms with Gasteiger partial charge in [-0.15, -0.1) is 11.8 Å². The zero-order valence-electron chi connectivity index (χ0n) is 9.30. The molecule has 0 bridgehead atoms. The van der Waals surface area contributed by atoms with E-state index in [1.54, 1.807) is 23.9 Å². The first-order chi connectivity index (χ1) is 8.34. The maximum atomic E-state index is 12.7. The van der Waals surface area contributed by atoms with Gasteiger partial charge in [-0.1, -0.05) is 18.2 Å². The van der Waals surface area contributed by atoms with Crippen molar-refractivity contribution in [1.82, 2.24) is 0 Å². The van der Waals surface area contributed by atoms with Gasteiger partial charge in [0, 0.05) is 10.6 Å². The third-order valence-corrected chi connectivity index (χ3v) is 3.15. The average Bonchev–Trinajstić information content (AvgIpc) is 2.38. The van der Waals surface area contributed by atoms with E-state index in [2.05, 4.69) is 0 Å². The van der Waals surface area contributed by atoms with Gasteiger partial charge >= 0.3 is 0 Å². The summed E-state index contributed by atoms with van der Waals surface area (Å²) >= 11 is 1.66. The van der Waals surface area contributed by atoms with Gasteiger partial charge in [0.2, 0.25) is 0 Å². The molecule has 0 saturated heterocycles. The highest BCUT2D eigenvalue weighted by atomic mass is 32.2. The first-order valence-electron chi connectivity index (χ1n) is 5.41. The Labute approximate surface area is 105 Å². The van der Waals surface area contributed by atoms with Gasteiger partial charge in [0.05, 0.1) is 6.61 Å². The third-order valence-electron chi connectivity index (χ3n) is 2.18. The highest BCUT2D eigenvalue weighted by molar-refractivity contribution is 7.99. The average molecular weight is 248 g/mol. The van der Waals surface area contributed by atoms with Crippen molar-refractivity contribution in [3.05, 3.63) is 60.4 Å². The maximum Gasteiger partial charge on any atom is 0.123 e. The lowest BCUT2D eigenvalue weighted by Gasteiger charge is -2.05. The summed E-state index contributed by atoms with van der Waals surface area (Å²) in [5.74, 6) is 1.53. The van der Waals surface area contributed by atoms with E-state index in [1.165, 1.54) is 12.1 Å². The Kier molecular flexibility index (Phi) is 4.45. The minimum Gasteiger partial charge on any atom is -0.493 e. The number of hydrogen-bond acceptors (Lipinski definition) is 2. The smallest absolute Gasteiger partial charge is 0.123 e. The molecule has 2 rings (SSSR count). The first kappa shape index (κ1) is 12.0. The molecule has 0 heterocycles. The zero-order chi connectivity index (χ0) is 11.9. The van der Waals surface area contributed by atoms with Crippen molar-refractivity contribution in [1.29, 1.82) is 0 Å². The van der Waals surface area contributed by atoms with E-state index in [1.807, 2.05) is 30.3 Å². The van der Waals surface area contributed by atoms with Crippen molar-refractivity contribution in [2.75, 3.05) is 12.4 Å². The fourth-order valence-electron chi connectivity index (χ4n) is 1.37. The molecule has 3 heteroatoms. The molecule has 1 nitrogen and oxygen atoms in total. The zero-order valence-corrected chi connectivity index (χ0v) is 10.1. The number of halogens is 1. The van der Waals surface area contributed by atoms with Gasteiger partial charge in [-0.3, -0.25) is 0 Å². The molecule has 0 aliphatic rings. The van der Waals surface area contributed by atoms with E-state index in [0.29, 0.717) is 6.61 Å². The Hall–Kier alpha value is -1.48. The Balaban J connectivity index is 1.71. The van der Waals surface area contributed by atoms with Gasteiger partial charge in [-0.25, -0.2) is 4.39 Å². The van der Waals surface area contributed by atoms with Crippen LogP contribution >= 0.6 is 11.8 Å².